The molecule has 162 valence electrons. The van der Waals surface area contributed by atoms with Crippen LogP contribution in [0, 0.1) is 19.8 Å². The molecule has 0 saturated carbocycles. The third-order valence-electron chi connectivity index (χ3n) is 4.76. The maximum Gasteiger partial charge on any atom is 0.311 e. The lowest BCUT2D eigenvalue weighted by Crippen LogP contribution is -2.44. The third-order valence-corrected chi connectivity index (χ3v) is 5.09. The SMILES string of the molecule is Cc1cc(C)cc(N2C[C@@H](C(=O)OCC(=O)NNC(=O)c3ccccc3Cl)CC2=O)c1. The molecular weight excluding hydrogens is 422 g/mol. The van der Waals surface area contributed by atoms with Gasteiger partial charge in [0.05, 0.1) is 16.5 Å². The lowest BCUT2D eigenvalue weighted by Gasteiger charge is -2.18. The molecular formula is C22H22ClN3O5. The molecule has 1 heterocycles. The Morgan fingerprint density at radius 1 is 1.10 bits per heavy atom. The Bertz CT molecular complexity index is 1020. The fraction of sp³-hybridized carbons (Fsp3) is 0.273. The Labute approximate surface area is 184 Å². The topological polar surface area (TPSA) is 105 Å². The Hall–Kier alpha value is -3.39. The highest BCUT2D eigenvalue weighted by Crippen LogP contribution is 2.27. The summed E-state index contributed by atoms with van der Waals surface area (Å²) in [6, 6.07) is 12.1. The van der Waals surface area contributed by atoms with Crippen LogP contribution in [0.3, 0.4) is 0 Å². The number of esters is 1. The number of nitrogens with zero attached hydrogens (tertiary/aromatic N) is 1. The number of halogens is 1. The predicted molar refractivity (Wildman–Crippen MR) is 114 cm³/mol. The molecule has 0 bridgehead atoms. The maximum absolute atomic E-state index is 12.4. The van der Waals surface area contributed by atoms with Gasteiger partial charge in [-0.3, -0.25) is 30.0 Å². The first-order valence-electron chi connectivity index (χ1n) is 9.63. The van der Waals surface area contributed by atoms with E-state index in [4.69, 9.17) is 16.3 Å². The summed E-state index contributed by atoms with van der Waals surface area (Å²) in [7, 11) is 0. The van der Waals surface area contributed by atoms with Crippen molar-refractivity contribution in [3.8, 4) is 0 Å². The fourth-order valence-electron chi connectivity index (χ4n) is 3.35. The summed E-state index contributed by atoms with van der Waals surface area (Å²) >= 11 is 5.92. The van der Waals surface area contributed by atoms with E-state index in [0.29, 0.717) is 0 Å². The molecule has 1 aliphatic heterocycles. The van der Waals surface area contributed by atoms with Crippen molar-refractivity contribution in [3.05, 3.63) is 64.2 Å². The molecule has 0 radical (unpaired) electrons. The molecule has 9 heteroatoms. The van der Waals surface area contributed by atoms with Crippen molar-refractivity contribution in [1.29, 1.82) is 0 Å². The molecule has 1 saturated heterocycles. The minimum Gasteiger partial charge on any atom is -0.455 e. The normalized spacial score (nSPS) is 15.5. The van der Waals surface area contributed by atoms with Crippen LogP contribution in [-0.4, -0.2) is 36.8 Å². The molecule has 2 N–H and O–H groups in total. The molecule has 2 aromatic rings. The quantitative estimate of drug-likeness (QED) is 0.545. The number of ether oxygens (including phenoxy) is 1. The second-order valence-electron chi connectivity index (χ2n) is 7.34. The smallest absolute Gasteiger partial charge is 0.311 e. The van der Waals surface area contributed by atoms with Gasteiger partial charge >= 0.3 is 5.97 Å². The number of amides is 3. The van der Waals surface area contributed by atoms with Gasteiger partial charge in [0.2, 0.25) is 5.91 Å². The summed E-state index contributed by atoms with van der Waals surface area (Å²) in [5.41, 5.74) is 7.32. The van der Waals surface area contributed by atoms with E-state index in [2.05, 4.69) is 10.9 Å². The van der Waals surface area contributed by atoms with Crippen LogP contribution < -0.4 is 15.8 Å². The summed E-state index contributed by atoms with van der Waals surface area (Å²) in [6.45, 7) is 3.47. The number of benzene rings is 2. The highest BCUT2D eigenvalue weighted by Gasteiger charge is 2.36. The highest BCUT2D eigenvalue weighted by molar-refractivity contribution is 6.33. The number of rotatable bonds is 5. The molecule has 0 aromatic heterocycles. The molecule has 2 aromatic carbocycles. The molecule has 1 aliphatic rings. The van der Waals surface area contributed by atoms with Gasteiger partial charge in [-0.15, -0.1) is 0 Å². The number of aryl methyl sites for hydroxylation is 2. The number of carbonyl (C=O) groups is 4. The predicted octanol–water partition coefficient (Wildman–Crippen LogP) is 2.31. The van der Waals surface area contributed by atoms with Gasteiger partial charge in [-0.2, -0.15) is 0 Å². The summed E-state index contributed by atoms with van der Waals surface area (Å²) in [4.78, 5) is 50.2. The Morgan fingerprint density at radius 3 is 2.45 bits per heavy atom. The summed E-state index contributed by atoms with van der Waals surface area (Å²) in [6.07, 6.45) is 0.0106. The third kappa shape index (κ3) is 5.61. The van der Waals surface area contributed by atoms with Crippen LogP contribution in [0.4, 0.5) is 5.69 Å². The number of carbonyl (C=O) groups excluding carboxylic acids is 4. The highest BCUT2D eigenvalue weighted by atomic mass is 35.5. The molecule has 0 aliphatic carbocycles. The van der Waals surface area contributed by atoms with E-state index in [1.807, 2.05) is 32.0 Å². The van der Waals surface area contributed by atoms with Crippen molar-refractivity contribution in [3.63, 3.8) is 0 Å². The Kier molecular flexibility index (Phi) is 6.91. The van der Waals surface area contributed by atoms with Gasteiger partial charge in [0.25, 0.3) is 11.8 Å². The van der Waals surface area contributed by atoms with Crippen LogP contribution in [-0.2, 0) is 19.1 Å². The molecule has 3 rings (SSSR count). The number of hydrazine groups is 1. The van der Waals surface area contributed by atoms with Crippen molar-refractivity contribution in [2.24, 2.45) is 5.92 Å². The first kappa shape index (κ1) is 22.3. The van der Waals surface area contributed by atoms with E-state index in [-0.39, 0.29) is 29.5 Å². The number of hydrogen-bond donors (Lipinski definition) is 2. The van der Waals surface area contributed by atoms with Crippen molar-refractivity contribution >= 4 is 41.0 Å². The summed E-state index contributed by atoms with van der Waals surface area (Å²) < 4.78 is 5.02. The van der Waals surface area contributed by atoms with Gasteiger partial charge in [0.15, 0.2) is 6.61 Å². The zero-order chi connectivity index (χ0) is 22.5. The van der Waals surface area contributed by atoms with Gasteiger partial charge in [-0.05, 0) is 49.2 Å². The second kappa shape index (κ2) is 9.61. The standard InChI is InChI=1S/C22H22ClN3O5/c1-13-7-14(2)9-16(8-13)26-11-15(10-20(26)28)22(30)31-12-19(27)24-25-21(29)17-5-3-4-6-18(17)23/h3-9,15H,10-12H2,1-2H3,(H,24,27)(H,25,29)/t15-/m0/s1. The minimum absolute atomic E-state index is 0.0106. The van der Waals surface area contributed by atoms with Crippen LogP contribution in [0.1, 0.15) is 27.9 Å². The van der Waals surface area contributed by atoms with E-state index >= 15 is 0 Å². The van der Waals surface area contributed by atoms with Gasteiger partial charge < -0.3 is 9.64 Å². The molecule has 8 nitrogen and oxygen atoms in total. The van der Waals surface area contributed by atoms with Crippen LogP contribution >= 0.6 is 11.6 Å². The Morgan fingerprint density at radius 2 is 1.77 bits per heavy atom. The van der Waals surface area contributed by atoms with E-state index in [1.165, 1.54) is 6.07 Å². The Balaban J connectivity index is 1.48. The van der Waals surface area contributed by atoms with Gasteiger partial charge in [0.1, 0.15) is 0 Å². The molecule has 1 fully saturated rings. The second-order valence-corrected chi connectivity index (χ2v) is 7.75. The van der Waals surface area contributed by atoms with Crippen LogP contribution in [0.25, 0.3) is 0 Å². The molecule has 1 atom stereocenters. The molecule has 3 amide bonds. The van der Waals surface area contributed by atoms with Gasteiger partial charge in [-0.1, -0.05) is 29.8 Å². The zero-order valence-corrected chi connectivity index (χ0v) is 17.9. The number of hydrogen-bond acceptors (Lipinski definition) is 5. The van der Waals surface area contributed by atoms with E-state index in [0.717, 1.165) is 16.8 Å². The largest absolute Gasteiger partial charge is 0.455 e. The maximum atomic E-state index is 12.4. The van der Waals surface area contributed by atoms with Crippen LogP contribution in [0.5, 0.6) is 0 Å². The van der Waals surface area contributed by atoms with Gasteiger partial charge in [0, 0.05) is 18.7 Å². The van der Waals surface area contributed by atoms with E-state index in [1.54, 1.807) is 23.1 Å². The zero-order valence-electron chi connectivity index (χ0n) is 17.1. The van der Waals surface area contributed by atoms with Crippen molar-refractivity contribution in [2.75, 3.05) is 18.1 Å². The summed E-state index contributed by atoms with van der Waals surface area (Å²) in [5, 5.41) is 0.236. The fourth-order valence-corrected chi connectivity index (χ4v) is 3.57. The van der Waals surface area contributed by atoms with Crippen LogP contribution in [0.2, 0.25) is 5.02 Å². The lowest BCUT2D eigenvalue weighted by atomic mass is 10.1. The first-order chi connectivity index (χ1) is 14.7. The first-order valence-corrected chi connectivity index (χ1v) is 10.0. The lowest BCUT2D eigenvalue weighted by molar-refractivity contribution is -0.152. The average molecular weight is 444 g/mol. The van der Waals surface area contributed by atoms with Crippen molar-refractivity contribution in [2.45, 2.75) is 20.3 Å². The molecule has 0 spiro atoms. The van der Waals surface area contributed by atoms with Crippen molar-refractivity contribution in [1.82, 2.24) is 10.9 Å². The molecule has 0 unspecified atom stereocenters. The van der Waals surface area contributed by atoms with Gasteiger partial charge in [-0.25, -0.2) is 0 Å². The monoisotopic (exact) mass is 443 g/mol. The van der Waals surface area contributed by atoms with E-state index in [9.17, 15) is 19.2 Å². The van der Waals surface area contributed by atoms with Crippen LogP contribution in [0.15, 0.2) is 42.5 Å². The van der Waals surface area contributed by atoms with Crippen molar-refractivity contribution < 1.29 is 23.9 Å². The molecule has 31 heavy (non-hydrogen) atoms. The number of anilines is 1. The summed E-state index contributed by atoms with van der Waals surface area (Å²) in [5.74, 6) is -2.81. The number of nitrogens with one attached hydrogen (secondary N) is 2. The minimum atomic E-state index is -0.718. The van der Waals surface area contributed by atoms with E-state index < -0.39 is 30.3 Å². The average Bonchev–Trinajstić information content (AvgIpc) is 3.11.